The molecule has 0 unspecified atom stereocenters. The van der Waals surface area contributed by atoms with Gasteiger partial charge in [-0.3, -0.25) is 0 Å². The minimum absolute atomic E-state index is 0.374. The van der Waals surface area contributed by atoms with Crippen LogP contribution >= 0.6 is 0 Å². The van der Waals surface area contributed by atoms with Crippen LogP contribution in [0.2, 0.25) is 0 Å². The van der Waals surface area contributed by atoms with Crippen LogP contribution in [0.15, 0.2) is 35.7 Å². The third kappa shape index (κ3) is 1.41. The molecule has 0 heterocycles. The lowest BCUT2D eigenvalue weighted by molar-refractivity contribution is -0.134. The summed E-state index contributed by atoms with van der Waals surface area (Å²) in [5, 5.41) is 8.49. The fourth-order valence-electron chi connectivity index (χ4n) is 1.73. The van der Waals surface area contributed by atoms with Gasteiger partial charge in [0.15, 0.2) is 0 Å². The maximum absolute atomic E-state index is 13.1. The van der Waals surface area contributed by atoms with Crippen molar-refractivity contribution in [2.45, 2.75) is 12.8 Å². The van der Waals surface area contributed by atoms with Gasteiger partial charge in [0.2, 0.25) is 5.83 Å². The van der Waals surface area contributed by atoms with E-state index in [1.807, 2.05) is 24.3 Å². The second-order valence-corrected chi connectivity index (χ2v) is 3.34. The zero-order valence-electron chi connectivity index (χ0n) is 7.46. The molecule has 72 valence electrons. The maximum Gasteiger partial charge on any atom is 0.364 e. The molecule has 2 nitrogen and oxygen atoms in total. The molecule has 0 atom stereocenters. The zero-order chi connectivity index (χ0) is 10.1. The van der Waals surface area contributed by atoms with Crippen molar-refractivity contribution < 1.29 is 14.3 Å². The van der Waals surface area contributed by atoms with Crippen LogP contribution in [-0.4, -0.2) is 11.1 Å². The third-order valence-electron chi connectivity index (χ3n) is 2.42. The van der Waals surface area contributed by atoms with Gasteiger partial charge >= 0.3 is 5.97 Å². The van der Waals surface area contributed by atoms with E-state index in [0.717, 1.165) is 11.1 Å². The number of allylic oxidation sites excluding steroid dienone is 1. The lowest BCUT2D eigenvalue weighted by atomic mass is 10.1. The lowest BCUT2D eigenvalue weighted by Crippen LogP contribution is -1.99. The number of fused-ring (bicyclic) bond motifs is 1. The summed E-state index contributed by atoms with van der Waals surface area (Å²) in [6.07, 6.45) is 0.850. The van der Waals surface area contributed by atoms with Gasteiger partial charge in [-0.1, -0.05) is 24.3 Å². The molecule has 1 aliphatic carbocycles. The standard InChI is InChI=1S/C11H9FO2/c12-10(11(13)14)9-5-7-3-1-2-4-8(7)6-9/h1-4H,5-6H2,(H,13,14). The predicted octanol–water partition coefficient (Wildman–Crippen LogP) is 2.09. The Hall–Kier alpha value is -1.64. The Balaban J connectivity index is 2.36. The van der Waals surface area contributed by atoms with Gasteiger partial charge in [-0.25, -0.2) is 4.79 Å². The van der Waals surface area contributed by atoms with E-state index in [1.165, 1.54) is 0 Å². The highest BCUT2D eigenvalue weighted by atomic mass is 19.1. The average molecular weight is 192 g/mol. The fourth-order valence-corrected chi connectivity index (χ4v) is 1.73. The number of carbonyl (C=O) groups is 1. The first-order valence-corrected chi connectivity index (χ1v) is 4.36. The van der Waals surface area contributed by atoms with Crippen molar-refractivity contribution in [3.63, 3.8) is 0 Å². The number of rotatable bonds is 1. The van der Waals surface area contributed by atoms with Gasteiger partial charge in [-0.05, 0) is 29.5 Å². The minimum atomic E-state index is -1.46. The van der Waals surface area contributed by atoms with Gasteiger partial charge in [0, 0.05) is 0 Å². The number of carboxylic acid groups (broad SMARTS) is 1. The largest absolute Gasteiger partial charge is 0.476 e. The van der Waals surface area contributed by atoms with Crippen molar-refractivity contribution in [1.29, 1.82) is 0 Å². The second kappa shape index (κ2) is 3.25. The molecular formula is C11H9FO2. The summed E-state index contributed by atoms with van der Waals surface area (Å²) in [4.78, 5) is 10.4. The first-order chi connectivity index (χ1) is 6.68. The normalized spacial score (nSPS) is 13.9. The van der Waals surface area contributed by atoms with Crippen molar-refractivity contribution >= 4 is 5.97 Å². The molecule has 0 radical (unpaired) electrons. The number of aliphatic carboxylic acids is 1. The maximum atomic E-state index is 13.1. The van der Waals surface area contributed by atoms with Gasteiger partial charge in [-0.2, -0.15) is 4.39 Å². The summed E-state index contributed by atoms with van der Waals surface area (Å²) in [5.41, 5.74) is 2.43. The average Bonchev–Trinajstić information content (AvgIpc) is 2.59. The lowest BCUT2D eigenvalue weighted by Gasteiger charge is -1.94. The number of hydrogen-bond acceptors (Lipinski definition) is 1. The van der Waals surface area contributed by atoms with Crippen molar-refractivity contribution in [2.24, 2.45) is 0 Å². The fraction of sp³-hybridized carbons (Fsp3) is 0.182. The molecule has 0 saturated heterocycles. The van der Waals surface area contributed by atoms with E-state index in [-0.39, 0.29) is 0 Å². The number of carboxylic acids is 1. The molecule has 0 aromatic heterocycles. The number of hydrogen-bond donors (Lipinski definition) is 1. The Bertz CT molecular complexity index is 394. The smallest absolute Gasteiger partial charge is 0.364 e. The van der Waals surface area contributed by atoms with E-state index in [1.54, 1.807) is 0 Å². The van der Waals surface area contributed by atoms with E-state index in [2.05, 4.69) is 0 Å². The molecule has 1 aromatic carbocycles. The topological polar surface area (TPSA) is 37.3 Å². The van der Waals surface area contributed by atoms with E-state index in [4.69, 9.17) is 5.11 Å². The molecule has 2 rings (SSSR count). The predicted molar refractivity (Wildman–Crippen MR) is 49.6 cm³/mol. The van der Waals surface area contributed by atoms with Crippen molar-refractivity contribution in [1.82, 2.24) is 0 Å². The highest BCUT2D eigenvalue weighted by Gasteiger charge is 2.21. The number of halogens is 1. The molecule has 0 saturated carbocycles. The molecule has 0 spiro atoms. The molecule has 3 heteroatoms. The Kier molecular flexibility index (Phi) is 2.08. The monoisotopic (exact) mass is 192 g/mol. The van der Waals surface area contributed by atoms with Gasteiger partial charge in [0.05, 0.1) is 0 Å². The second-order valence-electron chi connectivity index (χ2n) is 3.34. The first kappa shape index (κ1) is 8.94. The highest BCUT2D eigenvalue weighted by Crippen LogP contribution is 2.28. The van der Waals surface area contributed by atoms with E-state index in [0.29, 0.717) is 18.4 Å². The van der Waals surface area contributed by atoms with Crippen LogP contribution in [0.1, 0.15) is 11.1 Å². The third-order valence-corrected chi connectivity index (χ3v) is 2.42. The number of benzene rings is 1. The Labute approximate surface area is 80.7 Å². The molecule has 0 amide bonds. The first-order valence-electron chi connectivity index (χ1n) is 4.36. The van der Waals surface area contributed by atoms with Crippen molar-refractivity contribution in [2.75, 3.05) is 0 Å². The summed E-state index contributed by atoms with van der Waals surface area (Å²) in [7, 11) is 0. The van der Waals surface area contributed by atoms with Crippen LogP contribution in [0, 0.1) is 0 Å². The van der Waals surface area contributed by atoms with Gasteiger partial charge in [0.25, 0.3) is 0 Å². The van der Waals surface area contributed by atoms with E-state index >= 15 is 0 Å². The molecule has 1 N–H and O–H groups in total. The highest BCUT2D eigenvalue weighted by molar-refractivity contribution is 5.85. The van der Waals surface area contributed by atoms with Crippen LogP contribution in [0.25, 0.3) is 0 Å². The SMILES string of the molecule is O=C(O)C(F)=C1Cc2ccccc2C1. The van der Waals surface area contributed by atoms with E-state index in [9.17, 15) is 9.18 Å². The molecule has 1 aliphatic rings. The summed E-state index contributed by atoms with van der Waals surface area (Å²) < 4.78 is 13.1. The zero-order valence-corrected chi connectivity index (χ0v) is 7.46. The molecule has 14 heavy (non-hydrogen) atoms. The summed E-state index contributed by atoms with van der Waals surface area (Å²) in [6, 6.07) is 7.55. The van der Waals surface area contributed by atoms with Crippen molar-refractivity contribution in [3.8, 4) is 0 Å². The van der Waals surface area contributed by atoms with Gasteiger partial charge < -0.3 is 5.11 Å². The van der Waals surface area contributed by atoms with Gasteiger partial charge in [-0.15, -0.1) is 0 Å². The molecule has 0 aliphatic heterocycles. The van der Waals surface area contributed by atoms with Crippen LogP contribution in [0.3, 0.4) is 0 Å². The summed E-state index contributed by atoms with van der Waals surface area (Å²) in [5.74, 6) is -2.46. The molecule has 0 fully saturated rings. The summed E-state index contributed by atoms with van der Waals surface area (Å²) in [6.45, 7) is 0. The van der Waals surface area contributed by atoms with Crippen LogP contribution in [0.5, 0.6) is 0 Å². The quantitative estimate of drug-likeness (QED) is 0.692. The Morgan fingerprint density at radius 2 is 1.71 bits per heavy atom. The molecule has 0 bridgehead atoms. The molecule has 1 aromatic rings. The Morgan fingerprint density at radius 1 is 1.21 bits per heavy atom. The minimum Gasteiger partial charge on any atom is -0.476 e. The van der Waals surface area contributed by atoms with Crippen molar-refractivity contribution in [3.05, 3.63) is 46.8 Å². The Morgan fingerprint density at radius 3 is 2.14 bits per heavy atom. The molecular weight excluding hydrogens is 183 g/mol. The van der Waals surface area contributed by atoms with E-state index < -0.39 is 11.8 Å². The van der Waals surface area contributed by atoms with Crippen LogP contribution < -0.4 is 0 Å². The summed E-state index contributed by atoms with van der Waals surface area (Å²) >= 11 is 0. The van der Waals surface area contributed by atoms with Gasteiger partial charge in [0.1, 0.15) is 0 Å². The van der Waals surface area contributed by atoms with Crippen LogP contribution in [-0.2, 0) is 17.6 Å². The van der Waals surface area contributed by atoms with Crippen LogP contribution in [0.4, 0.5) is 4.39 Å².